The van der Waals surface area contributed by atoms with Crippen LogP contribution in [0.2, 0.25) is 0 Å². The van der Waals surface area contributed by atoms with E-state index in [2.05, 4.69) is 31.9 Å². The third-order valence-electron chi connectivity index (χ3n) is 2.25. The quantitative estimate of drug-likeness (QED) is 0.843. The highest BCUT2D eigenvalue weighted by Gasteiger charge is 2.22. The average Bonchev–Trinajstić information content (AvgIpc) is 2.62. The predicted octanol–water partition coefficient (Wildman–Crippen LogP) is 2.99. The van der Waals surface area contributed by atoms with Crippen molar-refractivity contribution in [1.82, 2.24) is 0 Å². The number of halogens is 2. The molecule has 1 aliphatic rings. The number of hydrogen-bond acceptors (Lipinski definition) is 3. The lowest BCUT2D eigenvalue weighted by atomic mass is 10.1. The van der Waals surface area contributed by atoms with Gasteiger partial charge in [-0.25, -0.2) is 0 Å². The molecule has 3 nitrogen and oxygen atoms in total. The van der Waals surface area contributed by atoms with Crippen molar-refractivity contribution >= 4 is 31.9 Å². The van der Waals surface area contributed by atoms with Crippen LogP contribution in [0.3, 0.4) is 0 Å². The molecule has 2 atom stereocenters. The van der Waals surface area contributed by atoms with Crippen LogP contribution in [0.15, 0.2) is 16.6 Å². The molecule has 0 saturated heterocycles. The Bertz CT molecular complexity index is 379. The number of benzene rings is 1. The number of aliphatic hydroxyl groups is 1. The molecule has 0 amide bonds. The summed E-state index contributed by atoms with van der Waals surface area (Å²) in [4.78, 5) is -0.0193. The standard InChI is InChI=1S/C10H10Br2O3/c1-5(11)10(13)6-2-8-9(3-7(6)12)15-4-14-8/h2-3,5,10,13H,4H2,1H3/t5-,10-/m1/s1. The number of aliphatic hydroxyl groups excluding tert-OH is 1. The van der Waals surface area contributed by atoms with E-state index < -0.39 is 6.10 Å². The van der Waals surface area contributed by atoms with Gasteiger partial charge in [0.15, 0.2) is 11.5 Å². The second kappa shape index (κ2) is 4.31. The molecule has 0 spiro atoms. The topological polar surface area (TPSA) is 38.7 Å². The van der Waals surface area contributed by atoms with Crippen LogP contribution in [0.5, 0.6) is 11.5 Å². The molecule has 0 aromatic heterocycles. The molecule has 1 N–H and O–H groups in total. The average molecular weight is 338 g/mol. The molecule has 0 aliphatic carbocycles. The monoisotopic (exact) mass is 336 g/mol. The van der Waals surface area contributed by atoms with E-state index in [1.807, 2.05) is 13.0 Å². The van der Waals surface area contributed by atoms with Crippen molar-refractivity contribution < 1.29 is 14.6 Å². The van der Waals surface area contributed by atoms with Crippen molar-refractivity contribution in [3.8, 4) is 11.5 Å². The molecule has 1 aromatic carbocycles. The summed E-state index contributed by atoms with van der Waals surface area (Å²) < 4.78 is 11.3. The Labute approximate surface area is 105 Å². The molecule has 2 rings (SSSR count). The Kier molecular flexibility index (Phi) is 3.23. The van der Waals surface area contributed by atoms with Gasteiger partial charge >= 0.3 is 0 Å². The Morgan fingerprint density at radius 1 is 1.33 bits per heavy atom. The van der Waals surface area contributed by atoms with Gasteiger partial charge in [0.25, 0.3) is 0 Å². The number of hydrogen-bond donors (Lipinski definition) is 1. The zero-order chi connectivity index (χ0) is 11.0. The van der Waals surface area contributed by atoms with E-state index in [4.69, 9.17) is 9.47 Å². The first-order valence-corrected chi connectivity index (χ1v) is 6.21. The van der Waals surface area contributed by atoms with Gasteiger partial charge in [-0.05, 0) is 24.6 Å². The van der Waals surface area contributed by atoms with Gasteiger partial charge < -0.3 is 14.6 Å². The summed E-state index contributed by atoms with van der Waals surface area (Å²) in [5, 5.41) is 9.94. The van der Waals surface area contributed by atoms with Crippen LogP contribution in [0.25, 0.3) is 0 Å². The lowest BCUT2D eigenvalue weighted by molar-refractivity contribution is 0.172. The number of fused-ring (bicyclic) bond motifs is 1. The maximum atomic E-state index is 9.94. The highest BCUT2D eigenvalue weighted by molar-refractivity contribution is 9.10. The molecule has 5 heteroatoms. The first-order chi connectivity index (χ1) is 7.09. The Balaban J connectivity index is 2.40. The fourth-order valence-corrected chi connectivity index (χ4v) is 2.25. The second-order valence-corrected chi connectivity index (χ2v) is 5.65. The molecule has 15 heavy (non-hydrogen) atoms. The normalized spacial score (nSPS) is 17.6. The van der Waals surface area contributed by atoms with Crippen LogP contribution >= 0.6 is 31.9 Å². The van der Waals surface area contributed by atoms with Crippen molar-refractivity contribution in [1.29, 1.82) is 0 Å². The number of ether oxygens (including phenoxy) is 2. The summed E-state index contributed by atoms with van der Waals surface area (Å²) in [6.07, 6.45) is -0.575. The minimum Gasteiger partial charge on any atom is -0.454 e. The van der Waals surface area contributed by atoms with E-state index in [0.29, 0.717) is 11.5 Å². The highest BCUT2D eigenvalue weighted by atomic mass is 79.9. The summed E-state index contributed by atoms with van der Waals surface area (Å²) in [6, 6.07) is 3.62. The minimum atomic E-state index is -0.575. The van der Waals surface area contributed by atoms with Crippen LogP contribution in [-0.4, -0.2) is 16.7 Å². The van der Waals surface area contributed by atoms with Gasteiger partial charge in [-0.1, -0.05) is 31.9 Å². The van der Waals surface area contributed by atoms with Crippen molar-refractivity contribution in [3.63, 3.8) is 0 Å². The van der Waals surface area contributed by atoms with Crippen LogP contribution in [-0.2, 0) is 0 Å². The SMILES string of the molecule is C[C@@H](Br)[C@@H](O)c1cc2c(cc1Br)OCO2. The van der Waals surface area contributed by atoms with Gasteiger partial charge in [-0.15, -0.1) is 0 Å². The first kappa shape index (κ1) is 11.2. The van der Waals surface area contributed by atoms with E-state index >= 15 is 0 Å². The molecule has 0 radical (unpaired) electrons. The van der Waals surface area contributed by atoms with E-state index in [1.165, 1.54) is 0 Å². The van der Waals surface area contributed by atoms with Crippen molar-refractivity contribution in [2.24, 2.45) is 0 Å². The molecule has 0 unspecified atom stereocenters. The third-order valence-corrected chi connectivity index (χ3v) is 3.43. The molecule has 1 heterocycles. The fraction of sp³-hybridized carbons (Fsp3) is 0.400. The summed E-state index contributed by atoms with van der Waals surface area (Å²) in [5.74, 6) is 1.39. The van der Waals surface area contributed by atoms with E-state index in [0.717, 1.165) is 10.0 Å². The second-order valence-electron chi connectivity index (χ2n) is 3.35. The molecule has 1 aromatic rings. The van der Waals surface area contributed by atoms with Crippen LogP contribution in [0.4, 0.5) is 0 Å². The molecular formula is C10H10Br2O3. The van der Waals surface area contributed by atoms with Gasteiger partial charge in [0.2, 0.25) is 6.79 Å². The molecule has 0 saturated carbocycles. The van der Waals surface area contributed by atoms with Crippen LogP contribution in [0.1, 0.15) is 18.6 Å². The molecule has 1 aliphatic heterocycles. The Morgan fingerprint density at radius 3 is 2.53 bits per heavy atom. The molecular weight excluding hydrogens is 328 g/mol. The van der Waals surface area contributed by atoms with Gasteiger partial charge in [-0.2, -0.15) is 0 Å². The zero-order valence-corrected chi connectivity index (χ0v) is 11.2. The summed E-state index contributed by atoms with van der Waals surface area (Å²) in [5.41, 5.74) is 0.795. The van der Waals surface area contributed by atoms with Crippen molar-refractivity contribution in [3.05, 3.63) is 22.2 Å². The fourth-order valence-electron chi connectivity index (χ4n) is 1.41. The smallest absolute Gasteiger partial charge is 0.231 e. The maximum Gasteiger partial charge on any atom is 0.231 e. The molecule has 0 fully saturated rings. The van der Waals surface area contributed by atoms with E-state index in [1.54, 1.807) is 6.07 Å². The minimum absolute atomic E-state index is 0.0193. The van der Waals surface area contributed by atoms with Gasteiger partial charge in [0.05, 0.1) is 6.10 Å². The summed E-state index contributed by atoms with van der Waals surface area (Å²) in [6.45, 7) is 2.13. The van der Waals surface area contributed by atoms with Crippen molar-refractivity contribution in [2.75, 3.05) is 6.79 Å². The van der Waals surface area contributed by atoms with Gasteiger partial charge in [0.1, 0.15) is 0 Å². The first-order valence-electron chi connectivity index (χ1n) is 4.51. The maximum absolute atomic E-state index is 9.94. The molecule has 82 valence electrons. The van der Waals surface area contributed by atoms with Crippen LogP contribution in [0, 0.1) is 0 Å². The number of rotatable bonds is 2. The van der Waals surface area contributed by atoms with Gasteiger partial charge in [-0.3, -0.25) is 0 Å². The van der Waals surface area contributed by atoms with Crippen LogP contribution < -0.4 is 9.47 Å². The zero-order valence-electron chi connectivity index (χ0n) is 8.04. The lowest BCUT2D eigenvalue weighted by Gasteiger charge is -2.15. The Morgan fingerprint density at radius 2 is 1.93 bits per heavy atom. The summed E-state index contributed by atoms with van der Waals surface area (Å²) in [7, 11) is 0. The van der Waals surface area contributed by atoms with E-state index in [-0.39, 0.29) is 11.6 Å². The number of alkyl halides is 1. The largest absolute Gasteiger partial charge is 0.454 e. The summed E-state index contributed by atoms with van der Waals surface area (Å²) >= 11 is 6.75. The van der Waals surface area contributed by atoms with Gasteiger partial charge in [0, 0.05) is 9.30 Å². The molecule has 0 bridgehead atoms. The third kappa shape index (κ3) is 2.14. The van der Waals surface area contributed by atoms with E-state index in [9.17, 15) is 5.11 Å². The predicted molar refractivity (Wildman–Crippen MR) is 63.6 cm³/mol. The highest BCUT2D eigenvalue weighted by Crippen LogP contribution is 2.40. The lowest BCUT2D eigenvalue weighted by Crippen LogP contribution is -2.08. The van der Waals surface area contributed by atoms with Crippen molar-refractivity contribution in [2.45, 2.75) is 17.9 Å². The Hall–Kier alpha value is -0.260.